The van der Waals surface area contributed by atoms with Gasteiger partial charge < -0.3 is 4.74 Å². The molecule has 0 aromatic heterocycles. The standard InChI is InChI=1S/C28H30F3NO2/c1-2-3-4-17-5-6-19-12-20(8-7-18(19)11-17)27-25(30)13-22(14-26(27)31)28(33)34-23-10-9-21(16-32)24(29)15-23/h9-10,13-15,17-20H,2-8,11-12H2,1H3. The number of nitrogens with zero attached hydrogens (tertiary/aromatic N) is 1. The van der Waals surface area contributed by atoms with Gasteiger partial charge in [-0.1, -0.05) is 32.6 Å². The molecular formula is C28H30F3NO2. The van der Waals surface area contributed by atoms with Gasteiger partial charge in [-0.3, -0.25) is 0 Å². The Hall–Kier alpha value is -2.81. The topological polar surface area (TPSA) is 50.1 Å². The number of hydrogen-bond donors (Lipinski definition) is 0. The predicted molar refractivity (Wildman–Crippen MR) is 123 cm³/mol. The third-order valence-electron chi connectivity index (χ3n) is 7.68. The molecule has 2 aliphatic carbocycles. The molecule has 0 heterocycles. The van der Waals surface area contributed by atoms with Crippen molar-refractivity contribution >= 4 is 5.97 Å². The van der Waals surface area contributed by atoms with Crippen LogP contribution in [0, 0.1) is 46.5 Å². The van der Waals surface area contributed by atoms with Crippen LogP contribution in [0.15, 0.2) is 30.3 Å². The average molecular weight is 470 g/mol. The van der Waals surface area contributed by atoms with Gasteiger partial charge in [0.1, 0.15) is 29.3 Å². The van der Waals surface area contributed by atoms with Gasteiger partial charge in [0, 0.05) is 11.6 Å². The van der Waals surface area contributed by atoms with E-state index in [4.69, 9.17) is 10.00 Å². The molecule has 2 aromatic rings. The highest BCUT2D eigenvalue weighted by Gasteiger charge is 2.37. The maximum Gasteiger partial charge on any atom is 0.343 e. The Morgan fingerprint density at radius 3 is 2.38 bits per heavy atom. The number of halogens is 3. The molecule has 3 nitrogen and oxygen atoms in total. The molecule has 0 radical (unpaired) electrons. The van der Waals surface area contributed by atoms with E-state index in [1.165, 1.54) is 44.2 Å². The van der Waals surface area contributed by atoms with Crippen molar-refractivity contribution in [3.63, 3.8) is 0 Å². The number of fused-ring (bicyclic) bond motifs is 1. The van der Waals surface area contributed by atoms with E-state index in [1.54, 1.807) is 6.07 Å². The van der Waals surface area contributed by atoms with Crippen LogP contribution in [-0.4, -0.2) is 5.97 Å². The average Bonchev–Trinajstić information content (AvgIpc) is 2.82. The fourth-order valence-electron chi connectivity index (χ4n) is 5.91. The lowest BCUT2D eigenvalue weighted by Crippen LogP contribution is -2.31. The first-order valence-corrected chi connectivity index (χ1v) is 12.3. The number of esters is 1. The number of unbranched alkanes of at least 4 members (excludes halogenated alkanes) is 1. The fourth-order valence-corrected chi connectivity index (χ4v) is 5.91. The molecule has 4 atom stereocenters. The smallest absolute Gasteiger partial charge is 0.343 e. The van der Waals surface area contributed by atoms with Gasteiger partial charge in [-0.15, -0.1) is 0 Å². The molecule has 2 aromatic carbocycles. The van der Waals surface area contributed by atoms with Crippen LogP contribution >= 0.6 is 0 Å². The van der Waals surface area contributed by atoms with Crippen LogP contribution in [0.25, 0.3) is 0 Å². The first-order chi connectivity index (χ1) is 16.4. The Bertz CT molecular complexity index is 1070. The summed E-state index contributed by atoms with van der Waals surface area (Å²) >= 11 is 0. The third kappa shape index (κ3) is 5.29. The second kappa shape index (κ2) is 10.6. The maximum absolute atomic E-state index is 15.0. The summed E-state index contributed by atoms with van der Waals surface area (Å²) < 4.78 is 48.9. The molecule has 2 fully saturated rings. The SMILES string of the molecule is CCCCC1CCC2CC(c3c(F)cc(C(=O)Oc4ccc(C#N)c(F)c4)cc3F)CCC2C1. The van der Waals surface area contributed by atoms with Crippen molar-refractivity contribution in [3.8, 4) is 11.8 Å². The molecule has 0 saturated heterocycles. The van der Waals surface area contributed by atoms with Crippen LogP contribution in [0.3, 0.4) is 0 Å². The Labute approximate surface area is 198 Å². The van der Waals surface area contributed by atoms with Gasteiger partial charge in [0.2, 0.25) is 0 Å². The van der Waals surface area contributed by atoms with Gasteiger partial charge in [0.05, 0.1) is 11.1 Å². The highest BCUT2D eigenvalue weighted by molar-refractivity contribution is 5.91. The van der Waals surface area contributed by atoms with Crippen molar-refractivity contribution < 1.29 is 22.7 Å². The van der Waals surface area contributed by atoms with E-state index >= 15 is 8.78 Å². The van der Waals surface area contributed by atoms with Crippen LogP contribution in [0.2, 0.25) is 0 Å². The summed E-state index contributed by atoms with van der Waals surface area (Å²) in [6.07, 6.45) is 9.89. The van der Waals surface area contributed by atoms with Crippen molar-refractivity contribution in [2.24, 2.45) is 17.8 Å². The van der Waals surface area contributed by atoms with Gasteiger partial charge in [-0.05, 0) is 80.0 Å². The molecule has 4 unspecified atom stereocenters. The number of carbonyl (C=O) groups is 1. The van der Waals surface area contributed by atoms with Crippen LogP contribution in [0.5, 0.6) is 5.75 Å². The summed E-state index contributed by atoms with van der Waals surface area (Å²) in [4.78, 5) is 12.4. The third-order valence-corrected chi connectivity index (χ3v) is 7.68. The zero-order valence-electron chi connectivity index (χ0n) is 19.5. The van der Waals surface area contributed by atoms with Crippen molar-refractivity contribution in [1.29, 1.82) is 5.26 Å². The minimum atomic E-state index is -0.984. The van der Waals surface area contributed by atoms with Crippen LogP contribution in [0.1, 0.15) is 92.1 Å². The summed E-state index contributed by atoms with van der Waals surface area (Å²) in [6, 6.07) is 7.02. The van der Waals surface area contributed by atoms with Crippen LogP contribution in [0.4, 0.5) is 13.2 Å². The highest BCUT2D eigenvalue weighted by Crippen LogP contribution is 2.49. The van der Waals surface area contributed by atoms with E-state index in [1.807, 2.05) is 0 Å². The molecule has 0 N–H and O–H groups in total. The Balaban J connectivity index is 1.43. The molecule has 6 heteroatoms. The van der Waals surface area contributed by atoms with E-state index in [2.05, 4.69) is 6.92 Å². The minimum absolute atomic E-state index is 0.0625. The Kier molecular flexibility index (Phi) is 7.60. The van der Waals surface area contributed by atoms with E-state index in [-0.39, 0.29) is 28.4 Å². The molecule has 4 rings (SSSR count). The lowest BCUT2D eigenvalue weighted by molar-refractivity contribution is 0.0733. The van der Waals surface area contributed by atoms with E-state index in [0.29, 0.717) is 11.8 Å². The zero-order valence-corrected chi connectivity index (χ0v) is 19.5. The molecule has 180 valence electrons. The summed E-state index contributed by atoms with van der Waals surface area (Å²) in [5, 5.41) is 8.79. The normalized spacial score (nSPS) is 24.2. The van der Waals surface area contributed by atoms with Gasteiger partial charge in [0.15, 0.2) is 0 Å². The largest absolute Gasteiger partial charge is 0.423 e. The molecule has 0 amide bonds. The van der Waals surface area contributed by atoms with Crippen molar-refractivity contribution in [2.75, 3.05) is 0 Å². The molecule has 2 saturated carbocycles. The summed E-state index contributed by atoms with van der Waals surface area (Å²) in [7, 11) is 0. The van der Waals surface area contributed by atoms with Crippen molar-refractivity contribution in [2.45, 2.75) is 70.6 Å². The molecule has 2 aliphatic rings. The van der Waals surface area contributed by atoms with Gasteiger partial charge in [0.25, 0.3) is 0 Å². The van der Waals surface area contributed by atoms with E-state index in [9.17, 15) is 9.18 Å². The number of ether oxygens (including phenoxy) is 1. The van der Waals surface area contributed by atoms with E-state index in [0.717, 1.165) is 49.8 Å². The molecular weight excluding hydrogens is 439 g/mol. The minimum Gasteiger partial charge on any atom is -0.423 e. The molecule has 0 aliphatic heterocycles. The van der Waals surface area contributed by atoms with Gasteiger partial charge in [-0.2, -0.15) is 5.26 Å². The Morgan fingerprint density at radius 2 is 1.71 bits per heavy atom. The zero-order chi connectivity index (χ0) is 24.2. The fraction of sp³-hybridized carbons (Fsp3) is 0.500. The number of benzene rings is 2. The molecule has 34 heavy (non-hydrogen) atoms. The maximum atomic E-state index is 15.0. The van der Waals surface area contributed by atoms with Crippen LogP contribution in [-0.2, 0) is 0 Å². The molecule has 0 bridgehead atoms. The summed E-state index contributed by atoms with van der Waals surface area (Å²) in [5.41, 5.74) is -0.397. The first kappa shape index (κ1) is 24.3. The van der Waals surface area contributed by atoms with Crippen molar-refractivity contribution in [1.82, 2.24) is 0 Å². The number of nitriles is 1. The highest BCUT2D eigenvalue weighted by atomic mass is 19.1. The lowest BCUT2D eigenvalue weighted by Gasteiger charge is -2.42. The second-order valence-corrected chi connectivity index (χ2v) is 9.85. The lowest BCUT2D eigenvalue weighted by atomic mass is 9.63. The summed E-state index contributed by atoms with van der Waals surface area (Å²) in [6.45, 7) is 2.22. The summed E-state index contributed by atoms with van der Waals surface area (Å²) in [5.74, 6) is -1.67. The quantitative estimate of drug-likeness (QED) is 0.322. The number of hydrogen-bond acceptors (Lipinski definition) is 3. The number of rotatable bonds is 6. The van der Waals surface area contributed by atoms with Crippen LogP contribution < -0.4 is 4.74 Å². The predicted octanol–water partition coefficient (Wildman–Crippen LogP) is 7.68. The van der Waals surface area contributed by atoms with Crippen molar-refractivity contribution in [3.05, 3.63) is 64.5 Å². The van der Waals surface area contributed by atoms with Gasteiger partial charge in [-0.25, -0.2) is 18.0 Å². The first-order valence-electron chi connectivity index (χ1n) is 12.3. The van der Waals surface area contributed by atoms with E-state index < -0.39 is 23.4 Å². The monoisotopic (exact) mass is 469 g/mol. The second-order valence-electron chi connectivity index (χ2n) is 9.85. The van der Waals surface area contributed by atoms with Gasteiger partial charge >= 0.3 is 5.97 Å². The Morgan fingerprint density at radius 1 is 1.00 bits per heavy atom. The molecule has 0 spiro atoms. The number of carbonyl (C=O) groups excluding carboxylic acids is 1.